The quantitative estimate of drug-likeness (QED) is 0.573. The third-order valence-corrected chi connectivity index (χ3v) is 7.10. The lowest BCUT2D eigenvalue weighted by Crippen LogP contribution is -2.37. The summed E-state index contributed by atoms with van der Waals surface area (Å²) in [5.74, 6) is -0.148. The molecule has 2 heterocycles. The molecule has 1 saturated carbocycles. The number of pyridine rings is 1. The lowest BCUT2D eigenvalue weighted by molar-refractivity contribution is 0.0655. The normalized spacial score (nSPS) is 16.3. The summed E-state index contributed by atoms with van der Waals surface area (Å²) in [6.07, 6.45) is 5.62. The third-order valence-electron chi connectivity index (χ3n) is 7.10. The highest BCUT2D eigenvalue weighted by molar-refractivity contribution is 6.11. The van der Waals surface area contributed by atoms with Crippen LogP contribution in [-0.2, 0) is 13.1 Å². The minimum absolute atomic E-state index is 0.0238. The van der Waals surface area contributed by atoms with E-state index in [2.05, 4.69) is 29.4 Å². The van der Waals surface area contributed by atoms with Crippen molar-refractivity contribution in [3.63, 3.8) is 0 Å². The summed E-state index contributed by atoms with van der Waals surface area (Å²) in [5.41, 5.74) is 3.79. The summed E-state index contributed by atoms with van der Waals surface area (Å²) in [4.78, 5) is 35.6. The molecule has 0 atom stereocenters. The molecule has 1 fully saturated rings. The number of aromatic nitrogens is 1. The Balaban J connectivity index is 1.34. The lowest BCUT2D eigenvalue weighted by Gasteiger charge is -2.30. The molecule has 0 saturated heterocycles. The molecule has 2 aromatic carbocycles. The van der Waals surface area contributed by atoms with Crippen LogP contribution in [0.2, 0.25) is 0 Å². The van der Waals surface area contributed by atoms with Gasteiger partial charge in [0.2, 0.25) is 0 Å². The smallest absolute Gasteiger partial charge is 0.273 e. The third kappa shape index (κ3) is 4.55. The Morgan fingerprint density at radius 1 is 1.06 bits per heavy atom. The summed E-state index contributed by atoms with van der Waals surface area (Å²) < 4.78 is 0. The second kappa shape index (κ2) is 9.94. The number of carbonyl (C=O) groups is 2. The van der Waals surface area contributed by atoms with Gasteiger partial charge in [0.25, 0.3) is 11.8 Å². The predicted octanol–water partition coefficient (Wildman–Crippen LogP) is 4.39. The first-order valence-electron chi connectivity index (χ1n) is 12.3. The first-order chi connectivity index (χ1) is 16.6. The Kier molecular flexibility index (Phi) is 6.59. The summed E-state index contributed by atoms with van der Waals surface area (Å²) in [6.45, 7) is 2.58. The Labute approximate surface area is 201 Å². The zero-order chi connectivity index (χ0) is 23.5. The second-order valence-corrected chi connectivity index (χ2v) is 9.54. The zero-order valence-electron chi connectivity index (χ0n) is 19.8. The van der Waals surface area contributed by atoms with E-state index < -0.39 is 0 Å². The van der Waals surface area contributed by atoms with Crippen LogP contribution in [0.4, 0.5) is 0 Å². The molecule has 6 nitrogen and oxygen atoms in total. The number of carbonyl (C=O) groups excluding carboxylic acids is 2. The van der Waals surface area contributed by atoms with E-state index in [1.54, 1.807) is 0 Å². The molecule has 2 aliphatic rings. The number of nitrogens with zero attached hydrogens (tertiary/aromatic N) is 3. The van der Waals surface area contributed by atoms with Crippen molar-refractivity contribution < 1.29 is 9.59 Å². The van der Waals surface area contributed by atoms with Gasteiger partial charge in [-0.15, -0.1) is 0 Å². The molecule has 1 N–H and O–H groups in total. The Morgan fingerprint density at radius 2 is 1.79 bits per heavy atom. The molecule has 1 aliphatic carbocycles. The van der Waals surface area contributed by atoms with Crippen molar-refractivity contribution in [2.45, 2.75) is 51.2 Å². The van der Waals surface area contributed by atoms with Crippen LogP contribution in [0.1, 0.15) is 64.1 Å². The standard InChI is InChI=1S/C28H32N4O2/c1-31(18-20-10-4-2-5-11-20)17-16-29-27(33)25-22-14-8-9-15-24(22)30-26-23(25)19-32(28(26)34)21-12-6-3-7-13-21/h2,4-5,8-11,14-15,21H,3,6-7,12-13,16-19H2,1H3,(H,29,33). The molecule has 34 heavy (non-hydrogen) atoms. The molecule has 0 unspecified atom stereocenters. The maximum atomic E-state index is 13.5. The summed E-state index contributed by atoms with van der Waals surface area (Å²) in [5, 5.41) is 3.92. The number of nitrogens with one attached hydrogen (secondary N) is 1. The molecule has 0 spiro atoms. The van der Waals surface area contributed by atoms with E-state index in [1.807, 2.05) is 47.4 Å². The van der Waals surface area contributed by atoms with Gasteiger partial charge in [-0.05, 0) is 31.5 Å². The van der Waals surface area contributed by atoms with Gasteiger partial charge in [-0.1, -0.05) is 67.8 Å². The van der Waals surface area contributed by atoms with Crippen molar-refractivity contribution in [2.75, 3.05) is 20.1 Å². The van der Waals surface area contributed by atoms with Crippen LogP contribution in [0.25, 0.3) is 10.9 Å². The molecule has 0 bridgehead atoms. The van der Waals surface area contributed by atoms with Crippen LogP contribution in [0, 0.1) is 0 Å². The first kappa shape index (κ1) is 22.5. The molecule has 2 amide bonds. The van der Waals surface area contributed by atoms with Gasteiger partial charge < -0.3 is 15.1 Å². The Hall–Kier alpha value is -3.25. The minimum atomic E-state index is -0.124. The average molecular weight is 457 g/mol. The number of amides is 2. The van der Waals surface area contributed by atoms with E-state index in [4.69, 9.17) is 4.98 Å². The molecule has 3 aromatic rings. The van der Waals surface area contributed by atoms with Crippen molar-refractivity contribution in [1.82, 2.24) is 20.1 Å². The number of hydrogen-bond donors (Lipinski definition) is 1. The number of fused-ring (bicyclic) bond motifs is 2. The fraction of sp³-hybridized carbons (Fsp3) is 0.393. The van der Waals surface area contributed by atoms with Crippen molar-refractivity contribution in [2.24, 2.45) is 0 Å². The van der Waals surface area contributed by atoms with Crippen LogP contribution in [0.15, 0.2) is 54.6 Å². The van der Waals surface area contributed by atoms with Gasteiger partial charge in [-0.2, -0.15) is 0 Å². The molecular formula is C28H32N4O2. The highest BCUT2D eigenvalue weighted by Gasteiger charge is 2.37. The van der Waals surface area contributed by atoms with Gasteiger partial charge >= 0.3 is 0 Å². The molecule has 5 rings (SSSR count). The van der Waals surface area contributed by atoms with Crippen LogP contribution < -0.4 is 5.32 Å². The number of likely N-dealkylation sites (N-methyl/N-ethyl adjacent to an activating group) is 1. The average Bonchev–Trinajstić information content (AvgIpc) is 3.19. The predicted molar refractivity (Wildman–Crippen MR) is 134 cm³/mol. The fourth-order valence-corrected chi connectivity index (χ4v) is 5.33. The minimum Gasteiger partial charge on any atom is -0.351 e. The van der Waals surface area contributed by atoms with Crippen LogP contribution >= 0.6 is 0 Å². The van der Waals surface area contributed by atoms with Gasteiger partial charge in [-0.25, -0.2) is 4.98 Å². The summed E-state index contributed by atoms with van der Waals surface area (Å²) in [6, 6.07) is 18.2. The highest BCUT2D eigenvalue weighted by Crippen LogP contribution is 2.34. The van der Waals surface area contributed by atoms with E-state index in [9.17, 15) is 9.59 Å². The Bertz CT molecular complexity index is 1190. The monoisotopic (exact) mass is 456 g/mol. The fourth-order valence-electron chi connectivity index (χ4n) is 5.33. The number of para-hydroxylation sites is 1. The van der Waals surface area contributed by atoms with E-state index in [1.165, 1.54) is 12.0 Å². The summed E-state index contributed by atoms with van der Waals surface area (Å²) >= 11 is 0. The van der Waals surface area contributed by atoms with Crippen LogP contribution in [0.3, 0.4) is 0 Å². The maximum Gasteiger partial charge on any atom is 0.273 e. The number of rotatable bonds is 7. The zero-order valence-corrected chi connectivity index (χ0v) is 19.8. The van der Waals surface area contributed by atoms with Gasteiger partial charge in [0, 0.05) is 43.2 Å². The second-order valence-electron chi connectivity index (χ2n) is 9.54. The van der Waals surface area contributed by atoms with E-state index in [-0.39, 0.29) is 17.9 Å². The Morgan fingerprint density at radius 3 is 2.59 bits per heavy atom. The largest absolute Gasteiger partial charge is 0.351 e. The molecule has 6 heteroatoms. The molecule has 1 aromatic heterocycles. The van der Waals surface area contributed by atoms with E-state index in [0.29, 0.717) is 29.9 Å². The topological polar surface area (TPSA) is 65.5 Å². The number of benzene rings is 2. The van der Waals surface area contributed by atoms with Gasteiger partial charge in [0.1, 0.15) is 5.69 Å². The van der Waals surface area contributed by atoms with Crippen molar-refractivity contribution >= 4 is 22.7 Å². The molecular weight excluding hydrogens is 424 g/mol. The van der Waals surface area contributed by atoms with Crippen molar-refractivity contribution in [3.8, 4) is 0 Å². The highest BCUT2D eigenvalue weighted by atomic mass is 16.2. The van der Waals surface area contributed by atoms with E-state index >= 15 is 0 Å². The van der Waals surface area contributed by atoms with Crippen LogP contribution in [-0.4, -0.2) is 52.8 Å². The number of hydrogen-bond acceptors (Lipinski definition) is 4. The molecule has 176 valence electrons. The van der Waals surface area contributed by atoms with E-state index in [0.717, 1.165) is 49.7 Å². The first-order valence-corrected chi connectivity index (χ1v) is 12.3. The van der Waals surface area contributed by atoms with Crippen LogP contribution in [0.5, 0.6) is 0 Å². The van der Waals surface area contributed by atoms with Crippen molar-refractivity contribution in [1.29, 1.82) is 0 Å². The SMILES string of the molecule is CN(CCNC(=O)c1c2c(nc3ccccc13)C(=O)N(C1CCCCC1)C2)Cc1ccccc1. The maximum absolute atomic E-state index is 13.5. The molecule has 1 aliphatic heterocycles. The summed E-state index contributed by atoms with van der Waals surface area (Å²) in [7, 11) is 2.05. The van der Waals surface area contributed by atoms with Crippen molar-refractivity contribution in [3.05, 3.63) is 77.0 Å². The molecule has 0 radical (unpaired) electrons. The van der Waals surface area contributed by atoms with Gasteiger partial charge in [-0.3, -0.25) is 9.59 Å². The van der Waals surface area contributed by atoms with Gasteiger partial charge in [0.05, 0.1) is 11.1 Å². The lowest BCUT2D eigenvalue weighted by atomic mass is 9.94. The van der Waals surface area contributed by atoms with Gasteiger partial charge in [0.15, 0.2) is 0 Å².